The third kappa shape index (κ3) is 28.0. The van der Waals surface area contributed by atoms with Crippen LogP contribution in [-0.2, 0) is 81.6 Å². The van der Waals surface area contributed by atoms with Gasteiger partial charge in [0.15, 0.2) is 0 Å². The summed E-state index contributed by atoms with van der Waals surface area (Å²) in [5.41, 5.74) is 25.2. The van der Waals surface area contributed by atoms with E-state index in [1.165, 1.54) is 47.9 Å². The molecule has 0 unspecified atom stereocenters. The van der Waals surface area contributed by atoms with Crippen molar-refractivity contribution >= 4 is 99.5 Å². The molecular formula is C66H96N14O14S2. The van der Waals surface area contributed by atoms with E-state index >= 15 is 0 Å². The van der Waals surface area contributed by atoms with Gasteiger partial charge in [-0.15, -0.1) is 0 Å². The Bertz CT molecular complexity index is 3110. The molecule has 12 amide bonds. The highest BCUT2D eigenvalue weighted by Gasteiger charge is 2.40. The molecule has 0 aliphatic carbocycles. The van der Waals surface area contributed by atoms with Crippen LogP contribution < -0.4 is 70.8 Å². The first-order valence-electron chi connectivity index (χ1n) is 32.1. The summed E-state index contributed by atoms with van der Waals surface area (Å²) in [5, 5.41) is 33.5. The smallest absolute Gasteiger partial charge is 0.243 e. The number of rotatable bonds is 41. The largest absolute Gasteiger partial charge is 0.508 e. The average Bonchev–Trinajstić information content (AvgIpc) is 1.81. The number of phenolic OH excluding ortho intramolecular Hbond substituents is 1. The maximum Gasteiger partial charge on any atom is 0.243 e. The van der Waals surface area contributed by atoms with Crippen molar-refractivity contribution in [2.45, 2.75) is 172 Å². The van der Waals surface area contributed by atoms with Crippen LogP contribution in [0.3, 0.4) is 0 Å². The van der Waals surface area contributed by atoms with Gasteiger partial charge in [-0.2, -0.15) is 11.8 Å². The number of nitrogens with one attached hydrogen (secondary N) is 9. The van der Waals surface area contributed by atoms with Gasteiger partial charge >= 0.3 is 0 Å². The Kier molecular flexibility index (Phi) is 34.4. The summed E-state index contributed by atoms with van der Waals surface area (Å²) in [4.78, 5) is 180. The molecule has 1 saturated heterocycles. The maximum atomic E-state index is 14.6. The molecule has 10 atom stereocenters. The van der Waals surface area contributed by atoms with Crippen molar-refractivity contribution in [2.75, 3.05) is 37.4 Å². The average molecular weight is 1370 g/mol. The topological polar surface area (TPSA) is 458 Å². The van der Waals surface area contributed by atoms with Crippen molar-refractivity contribution in [3.05, 3.63) is 102 Å². The molecule has 0 spiro atoms. The van der Waals surface area contributed by atoms with Crippen LogP contribution in [0.5, 0.6) is 5.75 Å². The Labute approximate surface area is 568 Å². The number of likely N-dealkylation sites (tertiary alicyclic amines) is 1. The van der Waals surface area contributed by atoms with Gasteiger partial charge in [0.05, 0.1) is 18.5 Å². The molecule has 0 saturated carbocycles. The van der Waals surface area contributed by atoms with Crippen molar-refractivity contribution in [1.82, 2.24) is 52.8 Å². The van der Waals surface area contributed by atoms with Gasteiger partial charge < -0.3 is 80.8 Å². The molecule has 1 aliphatic rings. The Balaban J connectivity index is 1.59. The predicted molar refractivity (Wildman–Crippen MR) is 364 cm³/mol. The number of thioether (sulfide) groups is 2. The molecule has 3 aromatic rings. The molecule has 0 radical (unpaired) electrons. The van der Waals surface area contributed by atoms with Gasteiger partial charge in [0.2, 0.25) is 76.0 Å². The van der Waals surface area contributed by atoms with Crippen molar-refractivity contribution in [3.8, 4) is 5.75 Å². The van der Waals surface area contributed by atoms with Crippen molar-refractivity contribution in [2.24, 2.45) is 34.8 Å². The van der Waals surface area contributed by atoms with E-state index in [0.717, 1.165) is 17.3 Å². The Morgan fingerprint density at radius 2 is 1.06 bits per heavy atom. The molecule has 1 aliphatic heterocycles. The zero-order chi connectivity index (χ0) is 71.0. The molecule has 18 N–H and O–H groups in total. The zero-order valence-electron chi connectivity index (χ0n) is 55.4. The highest BCUT2D eigenvalue weighted by atomic mass is 32.2. The minimum atomic E-state index is -1.83. The molecule has 0 aromatic heterocycles. The van der Waals surface area contributed by atoms with Gasteiger partial charge in [-0.05, 0) is 111 Å². The second-order valence-corrected chi connectivity index (χ2v) is 26.5. The molecular weight excluding hydrogens is 1280 g/mol. The van der Waals surface area contributed by atoms with Gasteiger partial charge in [-0.3, -0.25) is 62.3 Å². The van der Waals surface area contributed by atoms with E-state index in [2.05, 4.69) is 47.9 Å². The van der Waals surface area contributed by atoms with E-state index in [9.17, 15) is 67.4 Å². The van der Waals surface area contributed by atoms with Crippen LogP contribution in [0.1, 0.15) is 109 Å². The van der Waals surface area contributed by atoms with E-state index < -0.39 is 151 Å². The summed E-state index contributed by atoms with van der Waals surface area (Å²) in [7, 11) is 0. The van der Waals surface area contributed by atoms with Crippen LogP contribution >= 0.6 is 23.5 Å². The van der Waals surface area contributed by atoms with Gasteiger partial charge in [0.25, 0.3) is 0 Å². The summed E-state index contributed by atoms with van der Waals surface area (Å²) >= 11 is 2.25. The number of nitrogens with zero attached hydrogens (tertiary/aromatic N) is 1. The molecule has 526 valence electrons. The Hall–Kier alpha value is -8.61. The number of nitrogens with two attached hydrogens (primary N) is 4. The van der Waals surface area contributed by atoms with E-state index in [4.69, 9.17) is 22.9 Å². The Morgan fingerprint density at radius 1 is 0.573 bits per heavy atom. The summed E-state index contributed by atoms with van der Waals surface area (Å²) in [5.74, 6) is -10.1. The number of carbonyl (C=O) groups is 13. The molecule has 3 aromatic carbocycles. The SMILES string of the molecule is CSCC[C@H](NC(=O)[C@H](Cc1ccccc1)NC(=O)[C@@H]1CCCN1C(=O)[C@H](N)Cc1ccccc1)C(=O)N[C@@H](CC(N)=O)C(=O)N[C@@H](CCC(N)=O)C(=O)N[C@@H](Cc1ccc(O)cc1)C(=O)N[C@H](C(=O)N[C@@H](CCCN)C(=O)N[C@@H](CC(C)C)C(=O)SCCNC(C)=O)C(C)C. The fourth-order valence-electron chi connectivity index (χ4n) is 10.5. The third-order valence-electron chi connectivity index (χ3n) is 15.6. The number of benzene rings is 3. The standard InChI is InChI=1S/C66H96N14O14S2/c1-38(2)33-52(66(94)96-32-29-71-40(5)81)78-57(85)46(19-13-28-67)74-64(92)56(39(3)4)79-62(90)50(36-43-21-23-44(82)24-22-43)75-58(86)47(25-26-54(69)83)72-61(89)51(37-55(70)84)76-59(87)48(27-31-95-6)73-60(88)49(35-42-17-11-8-12-18-42)77-63(91)53-20-14-30-80(53)65(93)45(68)34-41-15-9-7-10-16-41/h7-12,15-18,21-24,38-39,45-53,56,82H,13-14,19-20,25-37,67-68H2,1-6H3,(H2,69,83)(H2,70,84)(H,71,81)(H,72,89)(H,73,88)(H,74,92)(H,75,86)(H,76,87)(H,77,91)(H,78,85)(H,79,90)/t45-,46+,47+,48+,49+,50+,51+,52+,53+,56+/m1/s1. The number of amides is 12. The Morgan fingerprint density at radius 3 is 1.60 bits per heavy atom. The number of primary amides is 2. The zero-order valence-corrected chi connectivity index (χ0v) is 57.0. The summed E-state index contributed by atoms with van der Waals surface area (Å²) in [6, 6.07) is 10.1. The lowest BCUT2D eigenvalue weighted by atomic mass is 9.99. The molecule has 30 heteroatoms. The summed E-state index contributed by atoms with van der Waals surface area (Å²) in [6.07, 6.45) is 1.07. The van der Waals surface area contributed by atoms with E-state index in [1.807, 2.05) is 44.2 Å². The minimum Gasteiger partial charge on any atom is -0.508 e. The number of hydrogen-bond acceptors (Lipinski definition) is 18. The highest BCUT2D eigenvalue weighted by molar-refractivity contribution is 8.13. The van der Waals surface area contributed by atoms with Crippen LogP contribution in [0.4, 0.5) is 0 Å². The fourth-order valence-corrected chi connectivity index (χ4v) is 11.7. The number of hydrogen-bond donors (Lipinski definition) is 14. The lowest BCUT2D eigenvalue weighted by molar-refractivity contribution is -0.140. The number of phenols is 1. The molecule has 28 nitrogen and oxygen atoms in total. The predicted octanol–water partition coefficient (Wildman–Crippen LogP) is -0.652. The van der Waals surface area contributed by atoms with Gasteiger partial charge in [-0.25, -0.2) is 0 Å². The number of aromatic hydroxyl groups is 1. The maximum absolute atomic E-state index is 14.6. The molecule has 1 heterocycles. The van der Waals surface area contributed by atoms with Gasteiger partial charge in [-0.1, -0.05) is 112 Å². The molecule has 4 rings (SSSR count). The molecule has 1 fully saturated rings. The van der Waals surface area contributed by atoms with Crippen LogP contribution in [0, 0.1) is 11.8 Å². The van der Waals surface area contributed by atoms with Crippen molar-refractivity contribution < 1.29 is 67.4 Å². The lowest BCUT2D eigenvalue weighted by Crippen LogP contribution is -2.61. The molecule has 0 bridgehead atoms. The van der Waals surface area contributed by atoms with Crippen molar-refractivity contribution in [3.63, 3.8) is 0 Å². The highest BCUT2D eigenvalue weighted by Crippen LogP contribution is 2.21. The van der Waals surface area contributed by atoms with Crippen LogP contribution in [0.15, 0.2) is 84.9 Å². The monoisotopic (exact) mass is 1370 g/mol. The number of carbonyl (C=O) groups excluding carboxylic acids is 13. The second kappa shape index (κ2) is 41.4. The minimum absolute atomic E-state index is 0.0389. The normalized spacial score (nSPS) is 15.6. The van der Waals surface area contributed by atoms with Gasteiger partial charge in [0.1, 0.15) is 54.1 Å². The summed E-state index contributed by atoms with van der Waals surface area (Å²) in [6.45, 7) is 8.91. The first-order chi connectivity index (χ1) is 45.6. The summed E-state index contributed by atoms with van der Waals surface area (Å²) < 4.78 is 0. The quantitative estimate of drug-likeness (QED) is 0.0314. The molecule has 96 heavy (non-hydrogen) atoms. The van der Waals surface area contributed by atoms with E-state index in [-0.39, 0.29) is 105 Å². The first-order valence-corrected chi connectivity index (χ1v) is 34.5. The van der Waals surface area contributed by atoms with E-state index in [0.29, 0.717) is 17.5 Å². The third-order valence-corrected chi connectivity index (χ3v) is 17.2. The van der Waals surface area contributed by atoms with Crippen molar-refractivity contribution in [1.29, 1.82) is 0 Å². The van der Waals surface area contributed by atoms with Crippen LogP contribution in [0.25, 0.3) is 0 Å². The first kappa shape index (κ1) is 79.8. The van der Waals surface area contributed by atoms with E-state index in [1.54, 1.807) is 50.4 Å². The van der Waals surface area contributed by atoms with Gasteiger partial charge in [0, 0.05) is 45.0 Å². The van der Waals surface area contributed by atoms with Crippen LogP contribution in [0.2, 0.25) is 0 Å². The fraction of sp³-hybridized carbons (Fsp3) is 0.530. The second-order valence-electron chi connectivity index (χ2n) is 24.4. The lowest BCUT2D eigenvalue weighted by Gasteiger charge is -2.29. The van der Waals surface area contributed by atoms with Crippen LogP contribution in [-0.4, -0.2) is 184 Å².